The van der Waals surface area contributed by atoms with Crippen LogP contribution in [0.25, 0.3) is 5.76 Å². The highest BCUT2D eigenvalue weighted by Crippen LogP contribution is 2.37. The van der Waals surface area contributed by atoms with E-state index in [1.54, 1.807) is 0 Å². The molecule has 126 valence electrons. The Morgan fingerprint density at radius 2 is 1.96 bits per heavy atom. The van der Waals surface area contributed by atoms with Crippen molar-refractivity contribution in [2.24, 2.45) is 0 Å². The molecule has 0 radical (unpaired) electrons. The molecule has 10 heteroatoms. The molecule has 1 aromatic carbocycles. The van der Waals surface area contributed by atoms with Gasteiger partial charge in [-0.1, -0.05) is 0 Å². The number of fused-ring (bicyclic) bond motifs is 1. The summed E-state index contributed by atoms with van der Waals surface area (Å²) in [4.78, 5) is 11.5. The number of ether oxygens (including phenoxy) is 2. The summed E-state index contributed by atoms with van der Waals surface area (Å²) >= 11 is 0. The highest BCUT2D eigenvalue weighted by atomic mass is 32.2. The van der Waals surface area contributed by atoms with Crippen LogP contribution < -0.4 is 4.74 Å². The zero-order valence-electron chi connectivity index (χ0n) is 11.9. The first-order valence-corrected chi connectivity index (χ1v) is 7.58. The number of carbonyl (C=O) groups is 1. The zero-order valence-corrected chi connectivity index (χ0v) is 12.7. The van der Waals surface area contributed by atoms with Crippen LogP contribution in [0.3, 0.4) is 0 Å². The van der Waals surface area contributed by atoms with Crippen LogP contribution >= 0.6 is 0 Å². The molecule has 6 nitrogen and oxygen atoms in total. The average Bonchev–Trinajstić information content (AvgIpc) is 2.44. The second-order valence-electron chi connectivity index (χ2n) is 4.54. The summed E-state index contributed by atoms with van der Waals surface area (Å²) in [6.45, 7) is 1.49. The maximum Gasteiger partial charge on any atom is 0.534 e. The predicted molar refractivity (Wildman–Crippen MR) is 71.9 cm³/mol. The van der Waals surface area contributed by atoms with Gasteiger partial charge in [-0.25, -0.2) is 4.79 Å². The fraction of sp³-hybridized carbons (Fsp3) is 0.308. The summed E-state index contributed by atoms with van der Waals surface area (Å²) in [5.41, 5.74) is -5.67. The van der Waals surface area contributed by atoms with Crippen molar-refractivity contribution >= 4 is 21.8 Å². The van der Waals surface area contributed by atoms with Gasteiger partial charge < -0.3 is 13.7 Å². The van der Waals surface area contributed by atoms with Gasteiger partial charge in [0.2, 0.25) is 0 Å². The summed E-state index contributed by atoms with van der Waals surface area (Å²) in [5.74, 6) is -1.23. The molecule has 0 aromatic heterocycles. The van der Waals surface area contributed by atoms with Crippen molar-refractivity contribution in [2.75, 3.05) is 7.11 Å². The van der Waals surface area contributed by atoms with Gasteiger partial charge in [-0.2, -0.15) is 21.6 Å². The van der Waals surface area contributed by atoms with E-state index in [0.717, 1.165) is 19.3 Å². The number of rotatable bonds is 3. The molecule has 0 N–H and O–H groups in total. The Hall–Kier alpha value is -2.23. The molecular formula is C13H11F3O6S. The van der Waals surface area contributed by atoms with E-state index in [1.807, 2.05) is 0 Å². The van der Waals surface area contributed by atoms with Gasteiger partial charge in [0, 0.05) is 6.08 Å². The third kappa shape index (κ3) is 3.41. The molecule has 0 amide bonds. The molecule has 1 heterocycles. The third-order valence-corrected chi connectivity index (χ3v) is 3.81. The minimum Gasteiger partial charge on any atom is -0.486 e. The molecule has 0 saturated carbocycles. The number of methoxy groups -OCH3 is 1. The first kappa shape index (κ1) is 17.1. The summed E-state index contributed by atoms with van der Waals surface area (Å²) in [6, 6.07) is 3.78. The number of hydrogen-bond donors (Lipinski definition) is 0. The molecule has 0 aliphatic carbocycles. The summed E-state index contributed by atoms with van der Waals surface area (Å²) in [5, 5.41) is 0. The molecular weight excluding hydrogens is 341 g/mol. The van der Waals surface area contributed by atoms with Gasteiger partial charge in [-0.3, -0.25) is 0 Å². The molecule has 1 aromatic rings. The predicted octanol–water partition coefficient (Wildman–Crippen LogP) is 2.46. The van der Waals surface area contributed by atoms with Crippen LogP contribution in [0.15, 0.2) is 24.3 Å². The van der Waals surface area contributed by atoms with Crippen molar-refractivity contribution in [3.63, 3.8) is 0 Å². The van der Waals surface area contributed by atoms with Gasteiger partial charge >= 0.3 is 21.6 Å². The molecule has 0 spiro atoms. The highest BCUT2D eigenvalue weighted by molar-refractivity contribution is 7.87. The van der Waals surface area contributed by atoms with Crippen molar-refractivity contribution < 1.29 is 40.0 Å². The maximum absolute atomic E-state index is 12.5. The summed E-state index contributed by atoms with van der Waals surface area (Å²) in [6.07, 6.45) is 0.345. The number of benzene rings is 1. The fourth-order valence-electron chi connectivity index (χ4n) is 1.85. The minimum absolute atomic E-state index is 0.00306. The number of hydrogen-bond acceptors (Lipinski definition) is 6. The van der Waals surface area contributed by atoms with E-state index in [0.29, 0.717) is 0 Å². The van der Waals surface area contributed by atoms with Crippen LogP contribution in [0.2, 0.25) is 0 Å². The summed E-state index contributed by atoms with van der Waals surface area (Å²) < 4.78 is 73.8. The van der Waals surface area contributed by atoms with Crippen LogP contribution in [0.5, 0.6) is 5.75 Å². The first-order chi connectivity index (χ1) is 10.5. The lowest BCUT2D eigenvalue weighted by Gasteiger charge is -2.23. The Bertz CT molecular complexity index is 766. The van der Waals surface area contributed by atoms with Gasteiger partial charge in [-0.05, 0) is 25.1 Å². The molecule has 0 saturated heterocycles. The van der Waals surface area contributed by atoms with Crippen molar-refractivity contribution in [3.8, 4) is 5.75 Å². The Morgan fingerprint density at radius 1 is 1.30 bits per heavy atom. The zero-order chi connectivity index (χ0) is 17.4. The van der Waals surface area contributed by atoms with E-state index >= 15 is 0 Å². The van der Waals surface area contributed by atoms with Crippen molar-refractivity contribution in [3.05, 3.63) is 35.4 Å². The van der Waals surface area contributed by atoms with Crippen molar-refractivity contribution in [1.82, 2.24) is 0 Å². The van der Waals surface area contributed by atoms with Crippen LogP contribution in [0, 0.1) is 0 Å². The van der Waals surface area contributed by atoms with Crippen LogP contribution in [0.4, 0.5) is 13.2 Å². The molecule has 1 aliphatic heterocycles. The van der Waals surface area contributed by atoms with E-state index in [4.69, 9.17) is 4.74 Å². The smallest absolute Gasteiger partial charge is 0.486 e. The number of carbonyl (C=O) groups excluding carboxylic acids is 1. The Labute approximate surface area is 129 Å². The molecule has 0 bridgehead atoms. The lowest BCUT2D eigenvalue weighted by atomic mass is 10.0. The van der Waals surface area contributed by atoms with E-state index in [2.05, 4.69) is 8.92 Å². The highest BCUT2D eigenvalue weighted by Gasteiger charge is 2.49. The lowest BCUT2D eigenvalue weighted by Crippen LogP contribution is -2.26. The molecule has 2 rings (SSSR count). The average molecular weight is 352 g/mol. The van der Waals surface area contributed by atoms with Crippen molar-refractivity contribution in [1.29, 1.82) is 0 Å². The van der Waals surface area contributed by atoms with E-state index in [1.165, 1.54) is 19.1 Å². The number of halogens is 3. The van der Waals surface area contributed by atoms with Gasteiger partial charge in [0.1, 0.15) is 11.9 Å². The topological polar surface area (TPSA) is 78.9 Å². The fourth-order valence-corrected chi connectivity index (χ4v) is 2.32. The van der Waals surface area contributed by atoms with E-state index in [9.17, 15) is 26.4 Å². The second-order valence-corrected chi connectivity index (χ2v) is 6.08. The number of alkyl halides is 3. The third-order valence-electron chi connectivity index (χ3n) is 2.85. The van der Waals surface area contributed by atoms with E-state index in [-0.39, 0.29) is 16.9 Å². The standard InChI is InChI=1S/C13H11F3O6S/c1-7-5-11(22-23(18,19)13(14,15)16)9-6-8(12(17)20-2)3-4-10(9)21-7/h3-7H,1-2H3/t7-/m1/s1. The van der Waals surface area contributed by atoms with Crippen LogP contribution in [0.1, 0.15) is 22.8 Å². The van der Waals surface area contributed by atoms with Gasteiger partial charge in [-0.15, -0.1) is 0 Å². The lowest BCUT2D eigenvalue weighted by molar-refractivity contribution is -0.0510. The van der Waals surface area contributed by atoms with Crippen molar-refractivity contribution in [2.45, 2.75) is 18.5 Å². The quantitative estimate of drug-likeness (QED) is 0.472. The Morgan fingerprint density at radius 3 is 2.52 bits per heavy atom. The SMILES string of the molecule is COC(=O)c1ccc2c(c1)C(OS(=O)(=O)C(F)(F)F)=C[C@@H](C)O2. The molecule has 1 aliphatic rings. The Kier molecular flexibility index (Phi) is 4.29. The molecule has 0 unspecified atom stereocenters. The van der Waals surface area contributed by atoms with Gasteiger partial charge in [0.05, 0.1) is 18.2 Å². The Balaban J connectivity index is 2.48. The normalized spacial score (nSPS) is 17.6. The number of esters is 1. The van der Waals surface area contributed by atoms with E-state index < -0.39 is 33.5 Å². The van der Waals surface area contributed by atoms with Crippen LogP contribution in [-0.2, 0) is 19.0 Å². The summed E-state index contributed by atoms with van der Waals surface area (Å²) in [7, 11) is -4.72. The minimum atomic E-state index is -5.84. The largest absolute Gasteiger partial charge is 0.534 e. The van der Waals surface area contributed by atoms with Gasteiger partial charge in [0.25, 0.3) is 0 Å². The van der Waals surface area contributed by atoms with Crippen LogP contribution in [-0.4, -0.2) is 33.1 Å². The molecule has 23 heavy (non-hydrogen) atoms. The van der Waals surface area contributed by atoms with Gasteiger partial charge in [0.15, 0.2) is 5.76 Å². The molecule has 1 atom stereocenters. The maximum atomic E-state index is 12.5. The first-order valence-electron chi connectivity index (χ1n) is 6.17. The molecule has 0 fully saturated rings. The monoisotopic (exact) mass is 352 g/mol. The second kappa shape index (κ2) is 5.76.